The maximum Gasteiger partial charge on any atom is -0.0146 e. The predicted molar refractivity (Wildman–Crippen MR) is 172 cm³/mol. The number of benzene rings is 2. The highest BCUT2D eigenvalue weighted by molar-refractivity contribution is 5.71. The summed E-state index contributed by atoms with van der Waals surface area (Å²) in [5.41, 5.74) is 9.94. The lowest BCUT2D eigenvalue weighted by Gasteiger charge is -2.24. The smallest absolute Gasteiger partial charge is 0.0146 e. The molecule has 0 unspecified atom stereocenters. The van der Waals surface area contributed by atoms with E-state index in [9.17, 15) is 0 Å². The van der Waals surface area contributed by atoms with Gasteiger partial charge in [-0.3, -0.25) is 0 Å². The first-order valence-electron chi connectivity index (χ1n) is 17.0. The average molecular weight is 519 g/mol. The lowest BCUT2D eigenvalue weighted by atomic mass is 9.81. The van der Waals surface area contributed by atoms with Crippen molar-refractivity contribution in [2.24, 2.45) is 0 Å². The first kappa shape index (κ1) is 32.7. The maximum atomic E-state index is 2.66. The van der Waals surface area contributed by atoms with Gasteiger partial charge in [-0.05, 0) is 84.7 Å². The third kappa shape index (κ3) is 12.1. The van der Waals surface area contributed by atoms with Crippen LogP contribution in [0.5, 0.6) is 0 Å². The molecule has 0 nitrogen and oxygen atoms in total. The van der Waals surface area contributed by atoms with E-state index >= 15 is 0 Å². The minimum Gasteiger partial charge on any atom is -0.0654 e. The van der Waals surface area contributed by atoms with Gasteiger partial charge in [-0.15, -0.1) is 0 Å². The molecule has 0 aliphatic carbocycles. The van der Waals surface area contributed by atoms with Gasteiger partial charge < -0.3 is 0 Å². The van der Waals surface area contributed by atoms with Gasteiger partial charge >= 0.3 is 0 Å². The molecule has 0 aliphatic rings. The molecule has 0 saturated carbocycles. The molecule has 0 aliphatic heterocycles. The zero-order valence-corrected chi connectivity index (χ0v) is 26.0. The van der Waals surface area contributed by atoms with Crippen molar-refractivity contribution >= 4 is 0 Å². The van der Waals surface area contributed by atoms with Crippen LogP contribution in [0.2, 0.25) is 0 Å². The van der Waals surface area contributed by atoms with Crippen LogP contribution in [0.3, 0.4) is 0 Å². The van der Waals surface area contributed by atoms with E-state index in [0.717, 1.165) is 0 Å². The molecule has 0 aromatic heterocycles. The molecule has 0 amide bonds. The fourth-order valence-corrected chi connectivity index (χ4v) is 6.17. The van der Waals surface area contributed by atoms with Crippen molar-refractivity contribution in [3.05, 3.63) is 58.7 Å². The molecule has 2 aromatic carbocycles. The molecule has 0 bridgehead atoms. The zero-order chi connectivity index (χ0) is 27.3. The standard InChI is InChI=1S/C38H62/c1-5-9-13-15-17-24-29-35-34(28-20-11-7-3)32-38(33-26-22-19-23-27-33)37(30-21-12-8-4)36(35)31-25-18-16-14-10-6-2/h19,22-23,26-27,32H,5-18,20-21,24-25,28-31H2,1-4H3. The molecule has 0 fully saturated rings. The fraction of sp³-hybridized carbons (Fsp3) is 0.684. The minimum atomic E-state index is 1.25. The molecule has 2 aromatic rings. The van der Waals surface area contributed by atoms with Crippen molar-refractivity contribution in [1.29, 1.82) is 0 Å². The lowest BCUT2D eigenvalue weighted by Crippen LogP contribution is -2.09. The van der Waals surface area contributed by atoms with E-state index in [1.807, 2.05) is 0 Å². The molecule has 0 N–H and O–H groups in total. The van der Waals surface area contributed by atoms with Crippen LogP contribution in [0.15, 0.2) is 36.4 Å². The van der Waals surface area contributed by atoms with Crippen molar-refractivity contribution in [3.8, 4) is 11.1 Å². The third-order valence-corrected chi connectivity index (χ3v) is 8.49. The Labute approximate surface area is 238 Å². The molecule has 2 rings (SSSR count). The molecular formula is C38H62. The monoisotopic (exact) mass is 518 g/mol. The van der Waals surface area contributed by atoms with E-state index in [1.165, 1.54) is 147 Å². The molecule has 0 radical (unpaired) electrons. The minimum absolute atomic E-state index is 1.25. The summed E-state index contributed by atoms with van der Waals surface area (Å²) in [6, 6.07) is 14.0. The van der Waals surface area contributed by atoms with Crippen LogP contribution in [0, 0.1) is 0 Å². The molecule has 0 saturated heterocycles. The Bertz CT molecular complexity index is 831. The summed E-state index contributed by atoms with van der Waals surface area (Å²) in [6.45, 7) is 9.33. The van der Waals surface area contributed by atoms with Gasteiger partial charge in [0.2, 0.25) is 0 Å². The summed E-state index contributed by atoms with van der Waals surface area (Å²) in [6.07, 6.45) is 29.7. The van der Waals surface area contributed by atoms with Gasteiger partial charge in [-0.1, -0.05) is 154 Å². The van der Waals surface area contributed by atoms with Crippen LogP contribution >= 0.6 is 0 Å². The Kier molecular flexibility index (Phi) is 18.3. The molecule has 0 heteroatoms. The van der Waals surface area contributed by atoms with Crippen LogP contribution < -0.4 is 0 Å². The van der Waals surface area contributed by atoms with Crippen molar-refractivity contribution < 1.29 is 0 Å². The Morgan fingerprint density at radius 1 is 0.395 bits per heavy atom. The summed E-state index contributed by atoms with van der Waals surface area (Å²) >= 11 is 0. The van der Waals surface area contributed by atoms with Gasteiger partial charge in [0.05, 0.1) is 0 Å². The van der Waals surface area contributed by atoms with E-state index in [1.54, 1.807) is 27.8 Å². The molecule has 38 heavy (non-hydrogen) atoms. The molecule has 0 heterocycles. The van der Waals surface area contributed by atoms with Crippen LogP contribution in [0.25, 0.3) is 11.1 Å². The second-order valence-electron chi connectivity index (χ2n) is 11.8. The maximum absolute atomic E-state index is 2.66. The van der Waals surface area contributed by atoms with E-state index in [-0.39, 0.29) is 0 Å². The van der Waals surface area contributed by atoms with Gasteiger partial charge in [-0.2, -0.15) is 0 Å². The SMILES string of the molecule is CCCCCCCCc1c(CCCCC)cc(-c2ccccc2)c(CCCCC)c1CCCCCCCC. The van der Waals surface area contributed by atoms with Crippen molar-refractivity contribution in [2.75, 3.05) is 0 Å². The van der Waals surface area contributed by atoms with Crippen LogP contribution in [0.4, 0.5) is 0 Å². The predicted octanol–water partition coefficient (Wildman–Crippen LogP) is 12.6. The average Bonchev–Trinajstić information content (AvgIpc) is 2.94. The molecule has 0 atom stereocenters. The van der Waals surface area contributed by atoms with Crippen molar-refractivity contribution in [3.63, 3.8) is 0 Å². The second kappa shape index (κ2) is 21.3. The van der Waals surface area contributed by atoms with E-state index in [0.29, 0.717) is 0 Å². The van der Waals surface area contributed by atoms with Crippen LogP contribution in [-0.4, -0.2) is 0 Å². The second-order valence-corrected chi connectivity index (χ2v) is 11.8. The summed E-state index contributed by atoms with van der Waals surface area (Å²) in [5, 5.41) is 0. The summed E-state index contributed by atoms with van der Waals surface area (Å²) in [5.74, 6) is 0. The Hall–Kier alpha value is -1.56. The summed E-state index contributed by atoms with van der Waals surface area (Å²) in [4.78, 5) is 0. The number of aryl methyl sites for hydroxylation is 1. The van der Waals surface area contributed by atoms with E-state index in [2.05, 4.69) is 64.1 Å². The summed E-state index contributed by atoms with van der Waals surface area (Å²) in [7, 11) is 0. The first-order chi connectivity index (χ1) is 18.8. The Morgan fingerprint density at radius 2 is 0.816 bits per heavy atom. The lowest BCUT2D eigenvalue weighted by molar-refractivity contribution is 0.595. The van der Waals surface area contributed by atoms with Gasteiger partial charge in [0.15, 0.2) is 0 Å². The normalized spacial score (nSPS) is 11.4. The van der Waals surface area contributed by atoms with E-state index < -0.39 is 0 Å². The zero-order valence-electron chi connectivity index (χ0n) is 26.0. The van der Waals surface area contributed by atoms with Gasteiger partial charge in [0, 0.05) is 0 Å². The van der Waals surface area contributed by atoms with Crippen LogP contribution in [0.1, 0.15) is 166 Å². The highest BCUT2D eigenvalue weighted by Crippen LogP contribution is 2.35. The molecule has 214 valence electrons. The van der Waals surface area contributed by atoms with Crippen molar-refractivity contribution in [2.45, 2.75) is 169 Å². The largest absolute Gasteiger partial charge is 0.0654 e. The topological polar surface area (TPSA) is 0 Å². The highest BCUT2D eigenvalue weighted by Gasteiger charge is 2.18. The molecule has 0 spiro atoms. The van der Waals surface area contributed by atoms with Gasteiger partial charge in [0.1, 0.15) is 0 Å². The van der Waals surface area contributed by atoms with Crippen LogP contribution in [-0.2, 0) is 25.7 Å². The third-order valence-electron chi connectivity index (χ3n) is 8.49. The molecular weight excluding hydrogens is 456 g/mol. The first-order valence-corrected chi connectivity index (χ1v) is 17.0. The number of hydrogen-bond acceptors (Lipinski definition) is 0. The van der Waals surface area contributed by atoms with Gasteiger partial charge in [-0.25, -0.2) is 0 Å². The number of hydrogen-bond donors (Lipinski definition) is 0. The van der Waals surface area contributed by atoms with Crippen molar-refractivity contribution in [1.82, 2.24) is 0 Å². The van der Waals surface area contributed by atoms with Gasteiger partial charge in [0.25, 0.3) is 0 Å². The number of rotatable bonds is 23. The highest BCUT2D eigenvalue weighted by atomic mass is 14.2. The van der Waals surface area contributed by atoms with E-state index in [4.69, 9.17) is 0 Å². The Balaban J connectivity index is 2.45. The summed E-state index contributed by atoms with van der Waals surface area (Å²) < 4.78 is 0. The Morgan fingerprint density at radius 3 is 1.39 bits per heavy atom. The quantitative estimate of drug-likeness (QED) is 0.128. The number of unbranched alkanes of at least 4 members (excludes halogenated alkanes) is 14. The fourth-order valence-electron chi connectivity index (χ4n) is 6.17.